The number of pyridine rings is 1. The zero-order valence-electron chi connectivity index (χ0n) is 14.3. The first kappa shape index (κ1) is 16.2. The molecule has 25 heavy (non-hydrogen) atoms. The molecule has 2 aliphatic rings. The van der Waals surface area contributed by atoms with E-state index in [-0.39, 0.29) is 12.0 Å². The molecular weight excluding hydrogens is 318 g/mol. The van der Waals surface area contributed by atoms with E-state index in [1.54, 1.807) is 12.4 Å². The van der Waals surface area contributed by atoms with Gasteiger partial charge in [-0.25, -0.2) is 0 Å². The lowest BCUT2D eigenvalue weighted by Gasteiger charge is -2.26. The zero-order valence-corrected chi connectivity index (χ0v) is 14.3. The lowest BCUT2D eigenvalue weighted by molar-refractivity contribution is 0.0493. The lowest BCUT2D eigenvalue weighted by Crippen LogP contribution is -2.38. The van der Waals surface area contributed by atoms with Gasteiger partial charge >= 0.3 is 0 Å². The van der Waals surface area contributed by atoms with Gasteiger partial charge in [0.05, 0.1) is 6.10 Å². The van der Waals surface area contributed by atoms with Crippen molar-refractivity contribution in [2.75, 3.05) is 13.2 Å². The van der Waals surface area contributed by atoms with E-state index in [1.807, 2.05) is 21.6 Å². The molecule has 0 saturated carbocycles. The quantitative estimate of drug-likeness (QED) is 0.829. The van der Waals surface area contributed by atoms with Crippen LogP contribution in [0.3, 0.4) is 0 Å². The average molecular weight is 341 g/mol. The van der Waals surface area contributed by atoms with Crippen LogP contribution in [0.25, 0.3) is 0 Å². The summed E-state index contributed by atoms with van der Waals surface area (Å²) in [5.74, 6) is 1.32. The standard InChI is InChI=1S/C18H23N5O2/c24-18(17-21-20-16-5-1-2-10-23(16)17)22(13-15-4-3-11-25-15)12-14-6-8-19-9-7-14/h6-9,15H,1-5,10-13H2/t15-/m1/s1. The number of aryl methyl sites for hydroxylation is 1. The summed E-state index contributed by atoms with van der Waals surface area (Å²) < 4.78 is 7.74. The summed E-state index contributed by atoms with van der Waals surface area (Å²) in [6.07, 6.45) is 8.75. The highest BCUT2D eigenvalue weighted by molar-refractivity contribution is 5.90. The number of carbonyl (C=O) groups excluding carboxylic acids is 1. The minimum atomic E-state index is -0.0621. The first-order chi connectivity index (χ1) is 12.3. The Balaban J connectivity index is 1.57. The largest absolute Gasteiger partial charge is 0.376 e. The van der Waals surface area contributed by atoms with Gasteiger partial charge in [-0.1, -0.05) is 0 Å². The second-order valence-corrected chi connectivity index (χ2v) is 6.72. The first-order valence-corrected chi connectivity index (χ1v) is 9.03. The number of nitrogens with zero attached hydrogens (tertiary/aromatic N) is 5. The van der Waals surface area contributed by atoms with Gasteiger partial charge in [0.15, 0.2) is 0 Å². The van der Waals surface area contributed by atoms with Gasteiger partial charge in [-0.05, 0) is 43.4 Å². The van der Waals surface area contributed by atoms with Crippen molar-refractivity contribution in [3.63, 3.8) is 0 Å². The smallest absolute Gasteiger partial charge is 0.292 e. The van der Waals surface area contributed by atoms with Gasteiger partial charge in [-0.15, -0.1) is 10.2 Å². The molecule has 2 aromatic rings. The molecule has 1 amide bonds. The summed E-state index contributed by atoms with van der Waals surface area (Å²) >= 11 is 0. The van der Waals surface area contributed by atoms with Crippen LogP contribution in [0.15, 0.2) is 24.5 Å². The van der Waals surface area contributed by atoms with Gasteiger partial charge in [0.1, 0.15) is 5.82 Å². The van der Waals surface area contributed by atoms with Crippen LogP contribution in [0.1, 0.15) is 47.7 Å². The summed E-state index contributed by atoms with van der Waals surface area (Å²) in [5, 5.41) is 8.43. The molecule has 0 spiro atoms. The molecule has 1 fully saturated rings. The fraction of sp³-hybridized carbons (Fsp3) is 0.556. The molecule has 4 rings (SSSR count). The van der Waals surface area contributed by atoms with Crippen molar-refractivity contribution >= 4 is 5.91 Å². The number of amides is 1. The van der Waals surface area contributed by atoms with Crippen LogP contribution in [0.5, 0.6) is 0 Å². The van der Waals surface area contributed by atoms with E-state index < -0.39 is 0 Å². The maximum absolute atomic E-state index is 13.2. The number of fused-ring (bicyclic) bond motifs is 1. The number of hydrogen-bond acceptors (Lipinski definition) is 5. The third-order valence-corrected chi connectivity index (χ3v) is 4.91. The fourth-order valence-electron chi connectivity index (χ4n) is 3.57. The third kappa shape index (κ3) is 3.56. The van der Waals surface area contributed by atoms with Crippen molar-refractivity contribution in [1.29, 1.82) is 0 Å². The molecule has 4 heterocycles. The summed E-state index contributed by atoms with van der Waals surface area (Å²) in [5.41, 5.74) is 1.06. The Morgan fingerprint density at radius 2 is 2.12 bits per heavy atom. The molecule has 2 aromatic heterocycles. The summed E-state index contributed by atoms with van der Waals surface area (Å²) in [7, 11) is 0. The van der Waals surface area contributed by atoms with Gasteiger partial charge in [0.2, 0.25) is 5.82 Å². The number of rotatable bonds is 5. The molecule has 7 nitrogen and oxygen atoms in total. The molecule has 0 bridgehead atoms. The van der Waals surface area contributed by atoms with E-state index in [1.165, 1.54) is 0 Å². The molecule has 0 radical (unpaired) electrons. The molecule has 7 heteroatoms. The van der Waals surface area contributed by atoms with E-state index in [9.17, 15) is 4.79 Å². The summed E-state index contributed by atoms with van der Waals surface area (Å²) in [4.78, 5) is 19.1. The van der Waals surface area contributed by atoms with Crippen molar-refractivity contribution in [1.82, 2.24) is 24.6 Å². The van der Waals surface area contributed by atoms with Crippen LogP contribution < -0.4 is 0 Å². The molecule has 0 aliphatic carbocycles. The molecule has 1 saturated heterocycles. The SMILES string of the molecule is O=C(c1nnc2n1CCCC2)N(Cc1ccncc1)C[C@H]1CCCO1. The number of carbonyl (C=O) groups is 1. The van der Waals surface area contributed by atoms with Crippen LogP contribution in [-0.2, 0) is 24.2 Å². The van der Waals surface area contributed by atoms with Crippen molar-refractivity contribution in [2.24, 2.45) is 0 Å². The topological polar surface area (TPSA) is 73.1 Å². The minimum absolute atomic E-state index is 0.0621. The van der Waals surface area contributed by atoms with Crippen molar-refractivity contribution in [3.8, 4) is 0 Å². The van der Waals surface area contributed by atoms with Crippen molar-refractivity contribution < 1.29 is 9.53 Å². The van der Waals surface area contributed by atoms with Gasteiger partial charge in [0.25, 0.3) is 5.91 Å². The van der Waals surface area contributed by atoms with E-state index in [4.69, 9.17) is 4.74 Å². The Kier molecular flexibility index (Phi) is 4.74. The Morgan fingerprint density at radius 1 is 1.24 bits per heavy atom. The predicted molar refractivity (Wildman–Crippen MR) is 90.9 cm³/mol. The zero-order chi connectivity index (χ0) is 17.1. The lowest BCUT2D eigenvalue weighted by atomic mass is 10.1. The van der Waals surface area contributed by atoms with Crippen LogP contribution in [0, 0.1) is 0 Å². The number of aromatic nitrogens is 4. The minimum Gasteiger partial charge on any atom is -0.376 e. The van der Waals surface area contributed by atoms with Gasteiger partial charge in [-0.3, -0.25) is 9.78 Å². The predicted octanol–water partition coefficient (Wildman–Crippen LogP) is 1.83. The van der Waals surface area contributed by atoms with Crippen LogP contribution in [0.4, 0.5) is 0 Å². The highest BCUT2D eigenvalue weighted by Crippen LogP contribution is 2.19. The van der Waals surface area contributed by atoms with E-state index >= 15 is 0 Å². The Morgan fingerprint density at radius 3 is 2.92 bits per heavy atom. The van der Waals surface area contributed by atoms with Gasteiger partial charge < -0.3 is 14.2 Å². The maximum Gasteiger partial charge on any atom is 0.292 e. The highest BCUT2D eigenvalue weighted by Gasteiger charge is 2.28. The monoisotopic (exact) mass is 341 g/mol. The maximum atomic E-state index is 13.2. The fourth-order valence-corrected chi connectivity index (χ4v) is 3.57. The Hall–Kier alpha value is -2.28. The second-order valence-electron chi connectivity index (χ2n) is 6.72. The Bertz CT molecular complexity index is 724. The van der Waals surface area contributed by atoms with Crippen LogP contribution in [-0.4, -0.2) is 49.8 Å². The number of ether oxygens (including phenoxy) is 1. The molecule has 2 aliphatic heterocycles. The molecule has 1 atom stereocenters. The second kappa shape index (κ2) is 7.31. The van der Waals surface area contributed by atoms with E-state index in [0.29, 0.717) is 18.9 Å². The number of hydrogen-bond donors (Lipinski definition) is 0. The normalized spacial score (nSPS) is 19.6. The molecule has 132 valence electrons. The molecular formula is C18H23N5O2. The Labute approximate surface area is 147 Å². The average Bonchev–Trinajstić information content (AvgIpc) is 3.31. The first-order valence-electron chi connectivity index (χ1n) is 9.03. The third-order valence-electron chi connectivity index (χ3n) is 4.91. The summed E-state index contributed by atoms with van der Waals surface area (Å²) in [6.45, 7) is 2.72. The van der Waals surface area contributed by atoms with E-state index in [2.05, 4.69) is 15.2 Å². The highest BCUT2D eigenvalue weighted by atomic mass is 16.5. The summed E-state index contributed by atoms with van der Waals surface area (Å²) in [6, 6.07) is 3.88. The van der Waals surface area contributed by atoms with Crippen molar-refractivity contribution in [3.05, 3.63) is 41.7 Å². The van der Waals surface area contributed by atoms with Gasteiger partial charge in [-0.2, -0.15) is 0 Å². The van der Waals surface area contributed by atoms with Gasteiger partial charge in [0, 0.05) is 45.1 Å². The van der Waals surface area contributed by atoms with Crippen molar-refractivity contribution in [2.45, 2.75) is 51.3 Å². The van der Waals surface area contributed by atoms with E-state index in [0.717, 1.165) is 56.6 Å². The van der Waals surface area contributed by atoms with Crippen LogP contribution >= 0.6 is 0 Å². The van der Waals surface area contributed by atoms with Crippen LogP contribution in [0.2, 0.25) is 0 Å². The molecule has 0 N–H and O–H groups in total. The molecule has 0 aromatic carbocycles. The molecule has 0 unspecified atom stereocenters.